The molecule has 4 rings (SSSR count). The number of fused-ring (bicyclic) bond motifs is 1. The number of β-amino-alcohol motifs (C(OH)–C–C–N with tert-alkyl or cyclic N) is 1. The molecule has 0 aromatic heterocycles. The first-order chi connectivity index (χ1) is 13.2. The van der Waals surface area contributed by atoms with Crippen molar-refractivity contribution in [2.24, 2.45) is 5.92 Å². The molecule has 27 heavy (non-hydrogen) atoms. The predicted octanol–water partition coefficient (Wildman–Crippen LogP) is 2.10. The molecule has 2 aliphatic heterocycles. The van der Waals surface area contributed by atoms with Crippen molar-refractivity contribution in [2.45, 2.75) is 44.9 Å². The summed E-state index contributed by atoms with van der Waals surface area (Å²) >= 11 is 0. The van der Waals surface area contributed by atoms with E-state index >= 15 is 0 Å². The first kappa shape index (κ1) is 19.0. The van der Waals surface area contributed by atoms with Gasteiger partial charge in [-0.3, -0.25) is 9.80 Å². The van der Waals surface area contributed by atoms with E-state index in [1.165, 1.54) is 18.4 Å². The molecule has 0 radical (unpaired) electrons. The highest BCUT2D eigenvalue weighted by Gasteiger charge is 2.26. The van der Waals surface area contributed by atoms with E-state index in [-0.39, 0.29) is 0 Å². The zero-order valence-electron chi connectivity index (χ0n) is 16.3. The second-order valence-electron chi connectivity index (χ2n) is 8.20. The van der Waals surface area contributed by atoms with Crippen molar-refractivity contribution < 1.29 is 19.3 Å². The van der Waals surface area contributed by atoms with Crippen molar-refractivity contribution in [3.63, 3.8) is 0 Å². The van der Waals surface area contributed by atoms with E-state index in [0.717, 1.165) is 50.6 Å². The highest BCUT2D eigenvalue weighted by atomic mass is 16.7. The molecular formula is C21H32N2O4. The predicted molar refractivity (Wildman–Crippen MR) is 103 cm³/mol. The standard InChI is InChI=1S/C21H32N2O4/c1-16-3-2-4-19(16)25-14-18(24)13-23-9-7-22(8-10-23)12-17-5-6-20-21(11-17)27-15-26-20/h5-6,11,16,18-19,24H,2-4,7-10,12-15H2,1H3. The molecule has 0 amide bonds. The van der Waals surface area contributed by atoms with Crippen LogP contribution >= 0.6 is 0 Å². The Balaban J connectivity index is 1.16. The third kappa shape index (κ3) is 4.93. The molecule has 1 aromatic carbocycles. The summed E-state index contributed by atoms with van der Waals surface area (Å²) in [6.45, 7) is 8.68. The number of piperazine rings is 1. The van der Waals surface area contributed by atoms with Crippen LogP contribution in [-0.2, 0) is 11.3 Å². The van der Waals surface area contributed by atoms with Gasteiger partial charge in [0.15, 0.2) is 11.5 Å². The van der Waals surface area contributed by atoms with Gasteiger partial charge in [0.2, 0.25) is 6.79 Å². The summed E-state index contributed by atoms with van der Waals surface area (Å²) in [7, 11) is 0. The van der Waals surface area contributed by atoms with Crippen molar-refractivity contribution in [3.8, 4) is 11.5 Å². The minimum absolute atomic E-state index is 0.323. The number of hydrogen-bond donors (Lipinski definition) is 1. The number of benzene rings is 1. The van der Waals surface area contributed by atoms with Gasteiger partial charge in [-0.1, -0.05) is 19.4 Å². The van der Waals surface area contributed by atoms with Crippen molar-refractivity contribution in [1.29, 1.82) is 0 Å². The van der Waals surface area contributed by atoms with Gasteiger partial charge in [-0.2, -0.15) is 0 Å². The Labute approximate surface area is 162 Å². The molecule has 6 nitrogen and oxygen atoms in total. The summed E-state index contributed by atoms with van der Waals surface area (Å²) in [6.07, 6.45) is 3.61. The third-order valence-corrected chi connectivity index (χ3v) is 6.06. The first-order valence-corrected chi connectivity index (χ1v) is 10.3. The van der Waals surface area contributed by atoms with Gasteiger partial charge in [0.05, 0.1) is 18.8 Å². The lowest BCUT2D eigenvalue weighted by atomic mass is 10.1. The molecular weight excluding hydrogens is 344 g/mol. The van der Waals surface area contributed by atoms with E-state index in [1.807, 2.05) is 6.07 Å². The maximum Gasteiger partial charge on any atom is 0.231 e. The van der Waals surface area contributed by atoms with E-state index in [0.29, 0.717) is 32.0 Å². The molecule has 3 unspecified atom stereocenters. The van der Waals surface area contributed by atoms with Crippen LogP contribution in [0.25, 0.3) is 0 Å². The Morgan fingerprint density at radius 2 is 1.89 bits per heavy atom. The summed E-state index contributed by atoms with van der Waals surface area (Å²) in [4.78, 5) is 4.80. The van der Waals surface area contributed by atoms with E-state index in [9.17, 15) is 5.11 Å². The average Bonchev–Trinajstić information content (AvgIpc) is 3.30. The van der Waals surface area contributed by atoms with Gasteiger partial charge >= 0.3 is 0 Å². The fourth-order valence-electron chi connectivity index (χ4n) is 4.37. The summed E-state index contributed by atoms with van der Waals surface area (Å²) in [5, 5.41) is 10.3. The minimum Gasteiger partial charge on any atom is -0.454 e. The van der Waals surface area contributed by atoms with Gasteiger partial charge in [0, 0.05) is 39.3 Å². The molecule has 0 bridgehead atoms. The lowest BCUT2D eigenvalue weighted by Gasteiger charge is -2.35. The monoisotopic (exact) mass is 376 g/mol. The number of nitrogens with zero attached hydrogens (tertiary/aromatic N) is 2. The van der Waals surface area contributed by atoms with Gasteiger partial charge < -0.3 is 19.3 Å². The van der Waals surface area contributed by atoms with Crippen molar-refractivity contribution in [2.75, 3.05) is 46.1 Å². The molecule has 6 heteroatoms. The first-order valence-electron chi connectivity index (χ1n) is 10.3. The molecule has 3 aliphatic rings. The van der Waals surface area contributed by atoms with Crippen LogP contribution in [0.15, 0.2) is 18.2 Å². The maximum atomic E-state index is 10.3. The van der Waals surface area contributed by atoms with Crippen LogP contribution in [0, 0.1) is 5.92 Å². The number of aliphatic hydroxyl groups excluding tert-OH is 1. The molecule has 1 aromatic rings. The van der Waals surface area contributed by atoms with E-state index < -0.39 is 6.10 Å². The third-order valence-electron chi connectivity index (χ3n) is 6.06. The quantitative estimate of drug-likeness (QED) is 0.787. The zero-order chi connectivity index (χ0) is 18.6. The maximum absolute atomic E-state index is 10.3. The summed E-state index contributed by atoms with van der Waals surface area (Å²) in [5.74, 6) is 2.33. The number of aliphatic hydroxyl groups is 1. The molecule has 0 spiro atoms. The fourth-order valence-corrected chi connectivity index (χ4v) is 4.37. The number of rotatable bonds is 7. The van der Waals surface area contributed by atoms with Crippen molar-refractivity contribution in [1.82, 2.24) is 9.80 Å². The van der Waals surface area contributed by atoms with Gasteiger partial charge in [0.25, 0.3) is 0 Å². The summed E-state index contributed by atoms with van der Waals surface area (Å²) in [5.41, 5.74) is 1.26. The summed E-state index contributed by atoms with van der Waals surface area (Å²) in [6, 6.07) is 6.19. The van der Waals surface area contributed by atoms with Crippen molar-refractivity contribution in [3.05, 3.63) is 23.8 Å². The highest BCUT2D eigenvalue weighted by molar-refractivity contribution is 5.44. The SMILES string of the molecule is CC1CCCC1OCC(O)CN1CCN(Cc2ccc3c(c2)OCO3)CC1. The lowest BCUT2D eigenvalue weighted by molar-refractivity contribution is -0.0358. The average molecular weight is 376 g/mol. The molecule has 1 N–H and O–H groups in total. The van der Waals surface area contributed by atoms with Gasteiger partial charge in [0.1, 0.15) is 0 Å². The van der Waals surface area contributed by atoms with E-state index in [2.05, 4.69) is 28.9 Å². The molecule has 1 aliphatic carbocycles. The Hall–Kier alpha value is -1.34. The Morgan fingerprint density at radius 3 is 2.67 bits per heavy atom. The topological polar surface area (TPSA) is 54.4 Å². The second kappa shape index (κ2) is 8.78. The molecule has 3 atom stereocenters. The molecule has 1 saturated heterocycles. The Kier molecular flexibility index (Phi) is 6.18. The van der Waals surface area contributed by atoms with Gasteiger partial charge in [-0.15, -0.1) is 0 Å². The minimum atomic E-state index is -0.391. The van der Waals surface area contributed by atoms with Crippen LogP contribution in [-0.4, -0.2) is 73.2 Å². The highest BCUT2D eigenvalue weighted by Crippen LogP contribution is 2.33. The van der Waals surface area contributed by atoms with E-state index in [4.69, 9.17) is 14.2 Å². The molecule has 1 saturated carbocycles. The van der Waals surface area contributed by atoms with Crippen LogP contribution in [0.5, 0.6) is 11.5 Å². The largest absolute Gasteiger partial charge is 0.454 e. The number of hydrogen-bond acceptors (Lipinski definition) is 6. The Bertz CT molecular complexity index is 618. The number of ether oxygens (including phenoxy) is 3. The molecule has 2 heterocycles. The van der Waals surface area contributed by atoms with Crippen LogP contribution in [0.2, 0.25) is 0 Å². The van der Waals surface area contributed by atoms with E-state index in [1.54, 1.807) is 0 Å². The van der Waals surface area contributed by atoms with Crippen LogP contribution < -0.4 is 9.47 Å². The van der Waals surface area contributed by atoms with Crippen molar-refractivity contribution >= 4 is 0 Å². The van der Waals surface area contributed by atoms with Gasteiger partial charge in [-0.25, -0.2) is 0 Å². The van der Waals surface area contributed by atoms with Gasteiger partial charge in [-0.05, 0) is 36.5 Å². The van der Waals surface area contributed by atoms with Crippen LogP contribution in [0.4, 0.5) is 0 Å². The normalized spacial score (nSPS) is 27.2. The second-order valence-corrected chi connectivity index (χ2v) is 8.20. The molecule has 150 valence electrons. The lowest BCUT2D eigenvalue weighted by Crippen LogP contribution is -2.48. The smallest absolute Gasteiger partial charge is 0.231 e. The Morgan fingerprint density at radius 1 is 1.11 bits per heavy atom. The summed E-state index contributed by atoms with van der Waals surface area (Å²) < 4.78 is 16.8. The zero-order valence-corrected chi connectivity index (χ0v) is 16.3. The van der Waals surface area contributed by atoms with Crippen LogP contribution in [0.3, 0.4) is 0 Å². The van der Waals surface area contributed by atoms with Crippen LogP contribution in [0.1, 0.15) is 31.7 Å². The molecule has 2 fully saturated rings. The fraction of sp³-hybridized carbons (Fsp3) is 0.714.